The number of aromatic nitrogens is 2. The van der Waals surface area contributed by atoms with E-state index in [4.69, 9.17) is 4.74 Å². The fraction of sp³-hybridized carbons (Fsp3) is 0.118. The lowest BCUT2D eigenvalue weighted by Gasteiger charge is -2.06. The number of nitrogens with zero attached hydrogens (tertiary/aromatic N) is 2. The molecule has 3 rings (SSSR count). The number of carbonyl (C=O) groups is 1. The predicted octanol–water partition coefficient (Wildman–Crippen LogP) is 3.06. The zero-order chi connectivity index (χ0) is 14.7. The number of ether oxygens (including phenoxy) is 1. The standard InChI is InChI=1S/C17H14N2O2/c1-21-17-6-5-12(10-19-17)9-16(20)14-4-2-3-13-7-8-18-11-15(13)14/h2-8,10-11H,9H2,1H3. The molecule has 2 heterocycles. The number of carbonyl (C=O) groups excluding carboxylic acids is 1. The highest BCUT2D eigenvalue weighted by molar-refractivity contribution is 6.08. The van der Waals surface area contributed by atoms with Crippen molar-refractivity contribution in [2.75, 3.05) is 7.11 Å². The molecule has 1 aromatic carbocycles. The molecule has 0 N–H and O–H groups in total. The first-order valence-corrected chi connectivity index (χ1v) is 6.63. The Morgan fingerprint density at radius 3 is 2.81 bits per heavy atom. The van der Waals surface area contributed by atoms with Crippen LogP contribution in [0.3, 0.4) is 0 Å². The number of hydrogen-bond donors (Lipinski definition) is 0. The van der Waals surface area contributed by atoms with Crippen LogP contribution in [-0.4, -0.2) is 22.9 Å². The number of ketones is 1. The molecule has 2 aromatic heterocycles. The fourth-order valence-electron chi connectivity index (χ4n) is 2.27. The van der Waals surface area contributed by atoms with Crippen LogP contribution < -0.4 is 4.74 Å². The molecule has 3 aromatic rings. The van der Waals surface area contributed by atoms with Gasteiger partial charge in [0.15, 0.2) is 5.78 Å². The van der Waals surface area contributed by atoms with Crippen molar-refractivity contribution in [3.63, 3.8) is 0 Å². The maximum atomic E-state index is 12.5. The summed E-state index contributed by atoms with van der Waals surface area (Å²) in [5.74, 6) is 0.598. The molecule has 0 atom stereocenters. The molecule has 0 unspecified atom stereocenters. The zero-order valence-corrected chi connectivity index (χ0v) is 11.6. The molecule has 0 amide bonds. The van der Waals surface area contributed by atoms with E-state index in [2.05, 4.69) is 9.97 Å². The van der Waals surface area contributed by atoms with Crippen molar-refractivity contribution in [2.24, 2.45) is 0 Å². The van der Waals surface area contributed by atoms with Crippen LogP contribution in [0.4, 0.5) is 0 Å². The molecule has 0 saturated carbocycles. The Hall–Kier alpha value is -2.75. The van der Waals surface area contributed by atoms with Gasteiger partial charge in [0, 0.05) is 42.0 Å². The van der Waals surface area contributed by atoms with Crippen LogP contribution in [0.25, 0.3) is 10.8 Å². The minimum atomic E-state index is 0.0561. The summed E-state index contributed by atoms with van der Waals surface area (Å²) in [5, 5.41) is 1.90. The van der Waals surface area contributed by atoms with Gasteiger partial charge in [-0.1, -0.05) is 24.3 Å². The van der Waals surface area contributed by atoms with Gasteiger partial charge in [0.05, 0.1) is 7.11 Å². The maximum absolute atomic E-state index is 12.5. The van der Waals surface area contributed by atoms with E-state index < -0.39 is 0 Å². The zero-order valence-electron chi connectivity index (χ0n) is 11.6. The lowest BCUT2D eigenvalue weighted by atomic mass is 9.99. The van der Waals surface area contributed by atoms with Crippen molar-refractivity contribution in [1.82, 2.24) is 9.97 Å². The van der Waals surface area contributed by atoms with Gasteiger partial charge in [-0.05, 0) is 17.0 Å². The second-order valence-electron chi connectivity index (χ2n) is 4.71. The summed E-state index contributed by atoms with van der Waals surface area (Å²) in [6.45, 7) is 0. The predicted molar refractivity (Wildman–Crippen MR) is 80.6 cm³/mol. The van der Waals surface area contributed by atoms with E-state index >= 15 is 0 Å². The van der Waals surface area contributed by atoms with Gasteiger partial charge in [0.1, 0.15) is 0 Å². The Morgan fingerprint density at radius 2 is 2.05 bits per heavy atom. The van der Waals surface area contributed by atoms with E-state index in [1.807, 2.05) is 30.3 Å². The number of rotatable bonds is 4. The minimum Gasteiger partial charge on any atom is -0.481 e. The lowest BCUT2D eigenvalue weighted by Crippen LogP contribution is -2.05. The largest absolute Gasteiger partial charge is 0.481 e. The molecule has 0 saturated heterocycles. The first-order chi connectivity index (χ1) is 10.3. The Morgan fingerprint density at radius 1 is 1.14 bits per heavy atom. The van der Waals surface area contributed by atoms with Crippen LogP contribution in [0.5, 0.6) is 5.88 Å². The molecular formula is C17H14N2O2. The lowest BCUT2D eigenvalue weighted by molar-refractivity contribution is 0.0994. The number of methoxy groups -OCH3 is 1. The van der Waals surface area contributed by atoms with Gasteiger partial charge >= 0.3 is 0 Å². The van der Waals surface area contributed by atoms with Crippen molar-refractivity contribution in [2.45, 2.75) is 6.42 Å². The normalized spacial score (nSPS) is 10.5. The third-order valence-electron chi connectivity index (χ3n) is 3.36. The van der Waals surface area contributed by atoms with Gasteiger partial charge in [-0.3, -0.25) is 9.78 Å². The topological polar surface area (TPSA) is 52.1 Å². The van der Waals surface area contributed by atoms with Gasteiger partial charge in [0.2, 0.25) is 5.88 Å². The van der Waals surface area contributed by atoms with Crippen molar-refractivity contribution in [1.29, 1.82) is 0 Å². The molecule has 104 valence electrons. The van der Waals surface area contributed by atoms with E-state index in [-0.39, 0.29) is 5.78 Å². The Bertz CT molecular complexity index is 777. The van der Waals surface area contributed by atoms with Crippen molar-refractivity contribution < 1.29 is 9.53 Å². The van der Waals surface area contributed by atoms with Gasteiger partial charge in [-0.25, -0.2) is 4.98 Å². The summed E-state index contributed by atoms with van der Waals surface area (Å²) in [4.78, 5) is 20.7. The number of hydrogen-bond acceptors (Lipinski definition) is 4. The molecule has 0 aliphatic heterocycles. The van der Waals surface area contributed by atoms with Gasteiger partial charge in [-0.2, -0.15) is 0 Å². The monoisotopic (exact) mass is 278 g/mol. The van der Waals surface area contributed by atoms with Gasteiger partial charge < -0.3 is 4.74 Å². The molecule has 4 nitrogen and oxygen atoms in total. The third-order valence-corrected chi connectivity index (χ3v) is 3.36. The molecule has 4 heteroatoms. The summed E-state index contributed by atoms with van der Waals surface area (Å²) in [5.41, 5.74) is 1.55. The smallest absolute Gasteiger partial charge is 0.212 e. The van der Waals surface area contributed by atoms with E-state index in [0.29, 0.717) is 17.9 Å². The Labute approximate surface area is 122 Å². The molecular weight excluding hydrogens is 264 g/mol. The summed E-state index contributed by atoms with van der Waals surface area (Å²) in [7, 11) is 1.57. The molecule has 0 fully saturated rings. The SMILES string of the molecule is COc1ccc(CC(=O)c2cccc3ccncc23)cn1. The quantitative estimate of drug-likeness (QED) is 0.688. The first kappa shape index (κ1) is 13.2. The Kier molecular flexibility index (Phi) is 3.60. The number of fused-ring (bicyclic) bond motifs is 1. The summed E-state index contributed by atoms with van der Waals surface area (Å²) in [6, 6.07) is 11.2. The second kappa shape index (κ2) is 5.71. The van der Waals surface area contributed by atoms with Crippen LogP contribution in [0.1, 0.15) is 15.9 Å². The van der Waals surface area contributed by atoms with Gasteiger partial charge in [0.25, 0.3) is 0 Å². The average Bonchev–Trinajstić information content (AvgIpc) is 2.55. The number of pyridine rings is 2. The average molecular weight is 278 g/mol. The molecule has 0 radical (unpaired) electrons. The molecule has 0 aliphatic rings. The minimum absolute atomic E-state index is 0.0561. The molecule has 0 aliphatic carbocycles. The first-order valence-electron chi connectivity index (χ1n) is 6.63. The van der Waals surface area contributed by atoms with E-state index in [1.54, 1.807) is 31.8 Å². The molecule has 0 bridgehead atoms. The maximum Gasteiger partial charge on any atom is 0.212 e. The van der Waals surface area contributed by atoms with Crippen LogP contribution in [0.15, 0.2) is 55.0 Å². The van der Waals surface area contributed by atoms with Crippen LogP contribution >= 0.6 is 0 Å². The Balaban J connectivity index is 1.90. The van der Waals surface area contributed by atoms with Crippen molar-refractivity contribution in [3.05, 3.63) is 66.1 Å². The van der Waals surface area contributed by atoms with Gasteiger partial charge in [-0.15, -0.1) is 0 Å². The molecule has 21 heavy (non-hydrogen) atoms. The highest BCUT2D eigenvalue weighted by Crippen LogP contribution is 2.19. The second-order valence-corrected chi connectivity index (χ2v) is 4.71. The van der Waals surface area contributed by atoms with Crippen molar-refractivity contribution in [3.8, 4) is 5.88 Å². The highest BCUT2D eigenvalue weighted by Gasteiger charge is 2.11. The fourth-order valence-corrected chi connectivity index (χ4v) is 2.27. The van der Waals surface area contributed by atoms with Crippen LogP contribution in [0.2, 0.25) is 0 Å². The van der Waals surface area contributed by atoms with Crippen LogP contribution in [0, 0.1) is 0 Å². The van der Waals surface area contributed by atoms with Crippen molar-refractivity contribution >= 4 is 16.6 Å². The van der Waals surface area contributed by atoms with Crippen LogP contribution in [-0.2, 0) is 6.42 Å². The van der Waals surface area contributed by atoms with E-state index in [9.17, 15) is 4.79 Å². The molecule has 0 spiro atoms. The van der Waals surface area contributed by atoms with E-state index in [1.165, 1.54) is 0 Å². The highest BCUT2D eigenvalue weighted by atomic mass is 16.5. The van der Waals surface area contributed by atoms with E-state index in [0.717, 1.165) is 16.3 Å². The third kappa shape index (κ3) is 2.74. The number of Topliss-reactive ketones (excluding diaryl/α,β-unsaturated/α-hetero) is 1. The summed E-state index contributed by atoms with van der Waals surface area (Å²) in [6.07, 6.45) is 5.43. The summed E-state index contributed by atoms with van der Waals surface area (Å²) >= 11 is 0. The summed E-state index contributed by atoms with van der Waals surface area (Å²) < 4.78 is 5.01. The number of benzene rings is 1.